The second-order valence-corrected chi connectivity index (χ2v) is 4.26. The topological polar surface area (TPSA) is 64.3 Å². The van der Waals surface area contributed by atoms with E-state index in [4.69, 9.17) is 21.4 Å². The number of carbonyl (C=O) groups is 1. The molecule has 0 aliphatic heterocycles. The number of ether oxygens (including phenoxy) is 1. The molecule has 0 atom stereocenters. The van der Waals surface area contributed by atoms with E-state index in [1.807, 2.05) is 18.2 Å². The van der Waals surface area contributed by atoms with Gasteiger partial charge in [-0.15, -0.1) is 0 Å². The van der Waals surface area contributed by atoms with Crippen LogP contribution in [0.2, 0.25) is 0 Å². The highest BCUT2D eigenvalue weighted by Gasteiger charge is 2.19. The summed E-state index contributed by atoms with van der Waals surface area (Å²) in [5.74, 6) is -0.988. The fourth-order valence-electron chi connectivity index (χ4n) is 1.52. The van der Waals surface area contributed by atoms with Crippen molar-refractivity contribution >= 4 is 17.6 Å². The summed E-state index contributed by atoms with van der Waals surface area (Å²) in [6.45, 7) is 3.51. The molecule has 98 valence electrons. The quantitative estimate of drug-likeness (QED) is 0.913. The lowest BCUT2D eigenvalue weighted by Crippen LogP contribution is -2.07. The van der Waals surface area contributed by atoms with Gasteiger partial charge in [-0.2, -0.15) is 5.10 Å². The molecule has 0 radical (unpaired) electrons. The fourth-order valence-corrected chi connectivity index (χ4v) is 1.58. The maximum Gasteiger partial charge on any atom is 0.342 e. The van der Waals surface area contributed by atoms with Crippen molar-refractivity contribution < 1.29 is 14.6 Å². The Morgan fingerprint density at radius 3 is 2.68 bits per heavy atom. The van der Waals surface area contributed by atoms with Crippen molar-refractivity contribution in [3.8, 4) is 11.6 Å². The van der Waals surface area contributed by atoms with Gasteiger partial charge in [0.05, 0.1) is 11.9 Å². The van der Waals surface area contributed by atoms with Crippen LogP contribution in [0.5, 0.6) is 5.88 Å². The maximum atomic E-state index is 11.1. The molecule has 1 N–H and O–H groups in total. The first kappa shape index (κ1) is 13.2. The van der Waals surface area contributed by atoms with Crippen LogP contribution in [0.15, 0.2) is 48.1 Å². The molecule has 6 heteroatoms. The minimum atomic E-state index is -1.11. The lowest BCUT2D eigenvalue weighted by molar-refractivity contribution is 0.0692. The van der Waals surface area contributed by atoms with Crippen LogP contribution in [-0.2, 0) is 0 Å². The van der Waals surface area contributed by atoms with E-state index in [9.17, 15) is 4.79 Å². The third-order valence-electron chi connectivity index (χ3n) is 2.32. The number of para-hydroxylation sites is 1. The molecule has 1 aromatic carbocycles. The Bertz CT molecular complexity index is 608. The predicted molar refractivity (Wildman–Crippen MR) is 71.0 cm³/mol. The number of carboxylic acids is 1. The number of nitrogens with zero attached hydrogens (tertiary/aromatic N) is 2. The average molecular weight is 279 g/mol. The molecular weight excluding hydrogens is 268 g/mol. The minimum Gasteiger partial charge on any atom is -0.477 e. The smallest absolute Gasteiger partial charge is 0.342 e. The monoisotopic (exact) mass is 278 g/mol. The first-order valence-corrected chi connectivity index (χ1v) is 5.80. The molecule has 0 saturated heterocycles. The predicted octanol–water partition coefficient (Wildman–Crippen LogP) is 2.70. The number of halogens is 1. The van der Waals surface area contributed by atoms with Gasteiger partial charge in [-0.05, 0) is 12.1 Å². The van der Waals surface area contributed by atoms with Gasteiger partial charge in [-0.25, -0.2) is 9.48 Å². The standard InChI is InChI=1S/C13H11ClN2O3/c1-9(14)8-19-12-11(13(17)18)7-15-16(12)10-5-3-2-4-6-10/h2-7H,1,8H2,(H,17,18). The third-order valence-corrected chi connectivity index (χ3v) is 2.43. The van der Waals surface area contributed by atoms with E-state index in [0.717, 1.165) is 0 Å². The summed E-state index contributed by atoms with van der Waals surface area (Å²) in [5, 5.41) is 13.4. The van der Waals surface area contributed by atoms with Crippen LogP contribution in [-0.4, -0.2) is 27.5 Å². The van der Waals surface area contributed by atoms with E-state index in [1.54, 1.807) is 12.1 Å². The minimum absolute atomic E-state index is 0.0142. The van der Waals surface area contributed by atoms with Gasteiger partial charge < -0.3 is 9.84 Å². The van der Waals surface area contributed by atoms with Crippen molar-refractivity contribution in [2.45, 2.75) is 0 Å². The van der Waals surface area contributed by atoms with Gasteiger partial charge in [-0.1, -0.05) is 36.4 Å². The Hall–Kier alpha value is -2.27. The van der Waals surface area contributed by atoms with E-state index in [0.29, 0.717) is 5.69 Å². The molecule has 5 nitrogen and oxygen atoms in total. The number of aromatic nitrogens is 2. The molecule has 1 heterocycles. The molecule has 1 aromatic heterocycles. The lowest BCUT2D eigenvalue weighted by Gasteiger charge is -2.09. The zero-order chi connectivity index (χ0) is 13.8. The molecule has 0 spiro atoms. The zero-order valence-corrected chi connectivity index (χ0v) is 10.7. The van der Waals surface area contributed by atoms with Gasteiger partial charge in [0.25, 0.3) is 0 Å². The number of rotatable bonds is 5. The molecule has 2 aromatic rings. The second kappa shape index (κ2) is 5.58. The summed E-state index contributed by atoms with van der Waals surface area (Å²) in [4.78, 5) is 11.1. The van der Waals surface area contributed by atoms with Crippen LogP contribution < -0.4 is 4.74 Å². The van der Waals surface area contributed by atoms with E-state index in [2.05, 4.69) is 11.7 Å². The first-order chi connectivity index (χ1) is 9.09. The molecule has 0 amide bonds. The fraction of sp³-hybridized carbons (Fsp3) is 0.0769. The van der Waals surface area contributed by atoms with E-state index in [1.165, 1.54) is 10.9 Å². The van der Waals surface area contributed by atoms with Gasteiger partial charge >= 0.3 is 5.97 Å². The SMILES string of the molecule is C=C(Cl)COc1c(C(=O)O)cnn1-c1ccccc1. The van der Waals surface area contributed by atoms with E-state index >= 15 is 0 Å². The van der Waals surface area contributed by atoms with Gasteiger partial charge in [0, 0.05) is 5.03 Å². The first-order valence-electron chi connectivity index (χ1n) is 5.42. The number of carboxylic acid groups (broad SMARTS) is 1. The largest absolute Gasteiger partial charge is 0.477 e. The zero-order valence-electron chi connectivity index (χ0n) is 9.91. The molecule has 0 aliphatic rings. The number of aromatic carboxylic acids is 1. The van der Waals surface area contributed by atoms with Crippen molar-refractivity contribution in [1.82, 2.24) is 9.78 Å². The van der Waals surface area contributed by atoms with E-state index in [-0.39, 0.29) is 23.1 Å². The highest BCUT2D eigenvalue weighted by Crippen LogP contribution is 2.23. The Balaban J connectivity index is 2.43. The van der Waals surface area contributed by atoms with Crippen molar-refractivity contribution in [3.63, 3.8) is 0 Å². The highest BCUT2D eigenvalue weighted by atomic mass is 35.5. The summed E-state index contributed by atoms with van der Waals surface area (Å²) in [6.07, 6.45) is 1.24. The van der Waals surface area contributed by atoms with E-state index < -0.39 is 5.97 Å². The Kier molecular flexibility index (Phi) is 3.87. The number of hydrogen-bond acceptors (Lipinski definition) is 3. The van der Waals surface area contributed by atoms with Gasteiger partial charge in [0.2, 0.25) is 5.88 Å². The summed E-state index contributed by atoms with van der Waals surface area (Å²) >= 11 is 5.63. The number of hydrogen-bond donors (Lipinski definition) is 1. The Morgan fingerprint density at radius 1 is 1.42 bits per heavy atom. The molecule has 19 heavy (non-hydrogen) atoms. The van der Waals surface area contributed by atoms with Gasteiger partial charge in [0.15, 0.2) is 0 Å². The van der Waals surface area contributed by atoms with Crippen LogP contribution in [0, 0.1) is 0 Å². The van der Waals surface area contributed by atoms with Crippen molar-refractivity contribution in [2.75, 3.05) is 6.61 Å². The van der Waals surface area contributed by atoms with Crippen molar-refractivity contribution in [2.24, 2.45) is 0 Å². The molecule has 0 saturated carbocycles. The van der Waals surface area contributed by atoms with Crippen LogP contribution >= 0.6 is 11.6 Å². The van der Waals surface area contributed by atoms with Crippen LogP contribution in [0.1, 0.15) is 10.4 Å². The molecule has 2 rings (SSSR count). The molecule has 0 fully saturated rings. The molecule has 0 bridgehead atoms. The second-order valence-electron chi connectivity index (χ2n) is 3.72. The normalized spacial score (nSPS) is 10.2. The summed E-state index contributed by atoms with van der Waals surface area (Å²) in [6, 6.07) is 9.08. The van der Waals surface area contributed by atoms with Crippen LogP contribution in [0.4, 0.5) is 0 Å². The highest BCUT2D eigenvalue weighted by molar-refractivity contribution is 6.29. The number of benzene rings is 1. The van der Waals surface area contributed by atoms with Crippen molar-refractivity contribution in [3.05, 3.63) is 53.7 Å². The van der Waals surface area contributed by atoms with Gasteiger partial charge in [-0.3, -0.25) is 0 Å². The summed E-state index contributed by atoms with van der Waals surface area (Å²) in [7, 11) is 0. The summed E-state index contributed by atoms with van der Waals surface area (Å²) in [5.41, 5.74) is 0.673. The Morgan fingerprint density at radius 2 is 2.11 bits per heavy atom. The average Bonchev–Trinajstić information content (AvgIpc) is 2.81. The maximum absolute atomic E-state index is 11.1. The molecule has 0 aliphatic carbocycles. The van der Waals surface area contributed by atoms with Gasteiger partial charge in [0.1, 0.15) is 12.2 Å². The van der Waals surface area contributed by atoms with Crippen molar-refractivity contribution in [1.29, 1.82) is 0 Å². The molecule has 0 unspecified atom stereocenters. The molecular formula is C13H11ClN2O3. The lowest BCUT2D eigenvalue weighted by atomic mass is 10.3. The summed E-state index contributed by atoms with van der Waals surface area (Å²) < 4.78 is 6.78. The van der Waals surface area contributed by atoms with Crippen LogP contribution in [0.3, 0.4) is 0 Å². The Labute approximate surface area is 114 Å². The third kappa shape index (κ3) is 2.95. The van der Waals surface area contributed by atoms with Crippen LogP contribution in [0.25, 0.3) is 5.69 Å².